The molecule has 0 bridgehead atoms. The van der Waals surface area contributed by atoms with E-state index in [0.717, 1.165) is 36.8 Å². The Hall–Kier alpha value is -1.65. The van der Waals surface area contributed by atoms with Gasteiger partial charge in [-0.05, 0) is 76.2 Å². The van der Waals surface area contributed by atoms with E-state index in [2.05, 4.69) is 39.8 Å². The number of carbonyl (C=O) groups is 1. The van der Waals surface area contributed by atoms with Crippen LogP contribution in [0.1, 0.15) is 79.1 Å². The van der Waals surface area contributed by atoms with E-state index in [1.165, 1.54) is 30.9 Å². The van der Waals surface area contributed by atoms with Crippen molar-refractivity contribution in [2.75, 3.05) is 6.61 Å². The normalized spacial score (nSPS) is 27.6. The van der Waals surface area contributed by atoms with Crippen molar-refractivity contribution in [2.24, 2.45) is 5.41 Å². The second-order valence-corrected chi connectivity index (χ2v) is 9.40. The van der Waals surface area contributed by atoms with Crippen LogP contribution in [0.15, 0.2) is 46.1 Å². The quantitative estimate of drug-likeness (QED) is 0.450. The highest BCUT2D eigenvalue weighted by Crippen LogP contribution is 2.42. The van der Waals surface area contributed by atoms with E-state index in [-0.39, 0.29) is 18.7 Å². The molecule has 4 heteroatoms. The molecule has 0 aromatic heterocycles. The third kappa shape index (κ3) is 5.70. The molecular formula is C25H36O4. The lowest BCUT2D eigenvalue weighted by molar-refractivity contribution is -0.135. The molecule has 3 aliphatic rings. The molecule has 1 aliphatic carbocycles. The molecule has 0 spiro atoms. The molecular weight excluding hydrogens is 364 g/mol. The van der Waals surface area contributed by atoms with Crippen molar-refractivity contribution in [3.05, 3.63) is 46.1 Å². The average molecular weight is 401 g/mol. The largest absolute Gasteiger partial charge is 0.458 e. The second-order valence-electron chi connectivity index (χ2n) is 9.40. The van der Waals surface area contributed by atoms with Crippen molar-refractivity contribution in [1.29, 1.82) is 0 Å². The van der Waals surface area contributed by atoms with Gasteiger partial charge in [0, 0.05) is 11.6 Å². The van der Waals surface area contributed by atoms with Crippen LogP contribution in [0.3, 0.4) is 0 Å². The van der Waals surface area contributed by atoms with Crippen molar-refractivity contribution in [1.82, 2.24) is 0 Å². The van der Waals surface area contributed by atoms with Crippen LogP contribution in [0, 0.1) is 5.41 Å². The van der Waals surface area contributed by atoms with Gasteiger partial charge in [0.05, 0.1) is 6.10 Å². The first kappa shape index (κ1) is 22.0. The lowest BCUT2D eigenvalue weighted by atomic mass is 9.71. The number of rotatable bonds is 7. The average Bonchev–Trinajstić information content (AvgIpc) is 3.08. The Labute approximate surface area is 175 Å². The van der Waals surface area contributed by atoms with Gasteiger partial charge in [0.25, 0.3) is 0 Å². The van der Waals surface area contributed by atoms with Crippen LogP contribution in [0.5, 0.6) is 0 Å². The maximum Gasteiger partial charge on any atom is 0.331 e. The molecule has 4 nitrogen and oxygen atoms in total. The second kappa shape index (κ2) is 9.44. The summed E-state index contributed by atoms with van der Waals surface area (Å²) in [5, 5.41) is 10.3. The molecule has 0 amide bonds. The van der Waals surface area contributed by atoms with E-state index < -0.39 is 6.29 Å². The first-order valence-corrected chi connectivity index (χ1v) is 11.0. The minimum absolute atomic E-state index is 0.257. The van der Waals surface area contributed by atoms with Gasteiger partial charge < -0.3 is 14.6 Å². The number of aliphatic hydroxyl groups excluding tert-OH is 1. The maximum absolute atomic E-state index is 11.2. The fraction of sp³-hybridized carbons (Fsp3) is 0.640. The SMILES string of the molecule is CC(=CCCC1=CCC(C2=CC(=O)OC2)OC1O)CCC1=C(C)CCCC1(C)C. The number of aliphatic hydroxyl groups is 1. The van der Waals surface area contributed by atoms with Crippen molar-refractivity contribution >= 4 is 5.97 Å². The van der Waals surface area contributed by atoms with Gasteiger partial charge in [-0.15, -0.1) is 0 Å². The Bertz CT molecular complexity index is 751. The molecule has 1 N–H and O–H groups in total. The summed E-state index contributed by atoms with van der Waals surface area (Å²) in [6.45, 7) is 9.57. The van der Waals surface area contributed by atoms with E-state index in [4.69, 9.17) is 9.47 Å². The Morgan fingerprint density at radius 1 is 1.34 bits per heavy atom. The minimum atomic E-state index is -0.894. The molecule has 2 unspecified atom stereocenters. The number of hydrogen-bond donors (Lipinski definition) is 1. The molecule has 2 heterocycles. The highest BCUT2D eigenvalue weighted by atomic mass is 16.6. The van der Waals surface area contributed by atoms with Crippen LogP contribution in [-0.4, -0.2) is 30.1 Å². The smallest absolute Gasteiger partial charge is 0.331 e. The monoisotopic (exact) mass is 400 g/mol. The van der Waals surface area contributed by atoms with E-state index in [0.29, 0.717) is 11.8 Å². The maximum atomic E-state index is 11.2. The van der Waals surface area contributed by atoms with Crippen molar-refractivity contribution in [3.63, 3.8) is 0 Å². The summed E-state index contributed by atoms with van der Waals surface area (Å²) in [6.07, 6.45) is 13.2. The van der Waals surface area contributed by atoms with E-state index in [9.17, 15) is 9.90 Å². The van der Waals surface area contributed by atoms with Gasteiger partial charge >= 0.3 is 5.97 Å². The van der Waals surface area contributed by atoms with Crippen LogP contribution >= 0.6 is 0 Å². The van der Waals surface area contributed by atoms with Gasteiger partial charge in [0.1, 0.15) is 6.61 Å². The predicted molar refractivity (Wildman–Crippen MR) is 115 cm³/mol. The Morgan fingerprint density at radius 2 is 2.14 bits per heavy atom. The summed E-state index contributed by atoms with van der Waals surface area (Å²) >= 11 is 0. The number of allylic oxidation sites excluding steroid dienone is 4. The molecule has 0 radical (unpaired) electrons. The highest BCUT2D eigenvalue weighted by molar-refractivity contribution is 5.85. The lowest BCUT2D eigenvalue weighted by Gasteiger charge is -2.35. The number of cyclic esters (lactones) is 1. The summed E-state index contributed by atoms with van der Waals surface area (Å²) in [4.78, 5) is 11.2. The predicted octanol–water partition coefficient (Wildman–Crippen LogP) is 5.54. The molecule has 29 heavy (non-hydrogen) atoms. The topological polar surface area (TPSA) is 55.8 Å². The number of esters is 1. The zero-order valence-corrected chi connectivity index (χ0v) is 18.4. The van der Waals surface area contributed by atoms with Crippen molar-refractivity contribution in [3.8, 4) is 0 Å². The number of ether oxygens (including phenoxy) is 2. The van der Waals surface area contributed by atoms with Gasteiger partial charge in [-0.3, -0.25) is 0 Å². The molecule has 0 aromatic carbocycles. The van der Waals surface area contributed by atoms with Gasteiger partial charge in [0.15, 0.2) is 6.29 Å². The molecule has 3 rings (SSSR count). The fourth-order valence-electron chi connectivity index (χ4n) is 4.83. The zero-order chi connectivity index (χ0) is 21.0. The van der Waals surface area contributed by atoms with E-state index >= 15 is 0 Å². The molecule has 0 fully saturated rings. The van der Waals surface area contributed by atoms with Crippen molar-refractivity contribution in [2.45, 2.75) is 91.5 Å². The first-order chi connectivity index (χ1) is 13.8. The Kier molecular flexibility index (Phi) is 7.18. The summed E-state index contributed by atoms with van der Waals surface area (Å²) in [6, 6.07) is 0. The zero-order valence-electron chi connectivity index (χ0n) is 18.4. The molecule has 0 aromatic rings. The van der Waals surface area contributed by atoms with Gasteiger partial charge in [-0.25, -0.2) is 4.79 Å². The van der Waals surface area contributed by atoms with E-state index in [1.54, 1.807) is 11.1 Å². The Morgan fingerprint density at radius 3 is 2.79 bits per heavy atom. The third-order valence-electron chi connectivity index (χ3n) is 6.68. The summed E-state index contributed by atoms with van der Waals surface area (Å²) in [5.41, 5.74) is 6.77. The molecule has 2 atom stereocenters. The fourth-order valence-corrected chi connectivity index (χ4v) is 4.83. The highest BCUT2D eigenvalue weighted by Gasteiger charge is 2.29. The van der Waals surface area contributed by atoms with Crippen LogP contribution in [-0.2, 0) is 14.3 Å². The summed E-state index contributed by atoms with van der Waals surface area (Å²) in [5.74, 6) is -0.323. The van der Waals surface area contributed by atoms with E-state index in [1.807, 2.05) is 0 Å². The number of carbonyl (C=O) groups excluding carboxylic acids is 1. The van der Waals surface area contributed by atoms with Gasteiger partial charge in [-0.1, -0.05) is 42.7 Å². The van der Waals surface area contributed by atoms with Crippen molar-refractivity contribution < 1.29 is 19.4 Å². The number of hydrogen-bond acceptors (Lipinski definition) is 4. The van der Waals surface area contributed by atoms with Gasteiger partial charge in [0.2, 0.25) is 0 Å². The third-order valence-corrected chi connectivity index (χ3v) is 6.68. The van der Waals surface area contributed by atoms with Crippen LogP contribution < -0.4 is 0 Å². The summed E-state index contributed by atoms with van der Waals surface area (Å²) in [7, 11) is 0. The molecule has 2 aliphatic heterocycles. The molecule has 0 saturated carbocycles. The van der Waals surface area contributed by atoms with Crippen LogP contribution in [0.2, 0.25) is 0 Å². The first-order valence-electron chi connectivity index (χ1n) is 11.0. The molecule has 0 saturated heterocycles. The van der Waals surface area contributed by atoms with Gasteiger partial charge in [-0.2, -0.15) is 0 Å². The lowest BCUT2D eigenvalue weighted by Crippen LogP contribution is -2.29. The van der Waals surface area contributed by atoms with Crippen LogP contribution in [0.4, 0.5) is 0 Å². The minimum Gasteiger partial charge on any atom is -0.458 e. The molecule has 160 valence electrons. The van der Waals surface area contributed by atoms with Crippen LogP contribution in [0.25, 0.3) is 0 Å². The Balaban J connectivity index is 1.47. The standard InChI is InChI=1S/C25H36O4/c1-17(10-12-21-18(2)8-6-14-25(21,3)4)7-5-9-19-11-13-22(29-24(19)27)20-15-23(26)28-16-20/h7,11,15,22,24,27H,5-6,8-10,12-14,16H2,1-4H3. The summed E-state index contributed by atoms with van der Waals surface area (Å²) < 4.78 is 10.6.